The van der Waals surface area contributed by atoms with E-state index in [1.54, 1.807) is 0 Å². The average Bonchev–Trinajstić information content (AvgIpc) is 3.46. The van der Waals surface area contributed by atoms with Gasteiger partial charge in [0.1, 0.15) is 0 Å². The molecular weight excluding hydrogens is 567 g/mol. The van der Waals surface area contributed by atoms with Gasteiger partial charge in [-0.2, -0.15) is 0 Å². The maximum atomic E-state index is 6.47. The third-order valence-electron chi connectivity index (χ3n) is 10.1. The standard InChI is InChI=1S/C46H29N/c47-41-27-31-23-22-30(26-40(31)33-16-7-8-17-34(33)41)32-24-25-39-44-35(32)20-11-21-38(44)45-42(28-12-3-1-4-13-28)36-18-9-10-19-37(36)43(46(39)45)29-14-5-2-6-15-29/h1-27H,47H2. The first-order valence-corrected chi connectivity index (χ1v) is 16.2. The number of fused-ring (bicyclic) bond motifs is 7. The zero-order valence-electron chi connectivity index (χ0n) is 25.7. The fraction of sp³-hybridized carbons (Fsp3) is 0. The lowest BCUT2D eigenvalue weighted by Crippen LogP contribution is -1.93. The smallest absolute Gasteiger partial charge is 0.0400 e. The van der Waals surface area contributed by atoms with Crippen molar-refractivity contribution in [2.75, 3.05) is 5.73 Å². The maximum absolute atomic E-state index is 6.47. The van der Waals surface area contributed by atoms with Crippen LogP contribution in [0.15, 0.2) is 164 Å². The second-order valence-electron chi connectivity index (χ2n) is 12.6. The highest BCUT2D eigenvalue weighted by Gasteiger charge is 2.31. The number of anilines is 1. The Balaban J connectivity index is 1.32. The summed E-state index contributed by atoms with van der Waals surface area (Å²) >= 11 is 0. The Morgan fingerprint density at radius 2 is 0.830 bits per heavy atom. The van der Waals surface area contributed by atoms with Crippen LogP contribution in [0.3, 0.4) is 0 Å². The minimum Gasteiger partial charge on any atom is -0.398 e. The predicted octanol–water partition coefficient (Wildman–Crippen LogP) is 12.5. The zero-order chi connectivity index (χ0) is 31.1. The first kappa shape index (κ1) is 26.1. The molecule has 47 heavy (non-hydrogen) atoms. The molecule has 0 radical (unpaired) electrons. The highest BCUT2D eigenvalue weighted by molar-refractivity contribution is 6.29. The summed E-state index contributed by atoms with van der Waals surface area (Å²) in [6.07, 6.45) is 0. The topological polar surface area (TPSA) is 26.0 Å². The van der Waals surface area contributed by atoms with E-state index >= 15 is 0 Å². The molecule has 1 aliphatic carbocycles. The molecular formula is C46H29N. The lowest BCUT2D eigenvalue weighted by Gasteiger charge is -2.20. The van der Waals surface area contributed by atoms with Crippen LogP contribution in [-0.4, -0.2) is 0 Å². The summed E-state index contributed by atoms with van der Waals surface area (Å²) in [7, 11) is 0. The van der Waals surface area contributed by atoms with E-state index in [1.165, 1.54) is 88.0 Å². The molecule has 0 heterocycles. The molecule has 1 aliphatic rings. The number of nitrogen functional groups attached to an aromatic ring is 1. The molecule has 0 bridgehead atoms. The van der Waals surface area contributed by atoms with Crippen molar-refractivity contribution in [2.45, 2.75) is 0 Å². The van der Waals surface area contributed by atoms with Crippen molar-refractivity contribution in [3.8, 4) is 55.6 Å². The van der Waals surface area contributed by atoms with E-state index in [2.05, 4.69) is 164 Å². The van der Waals surface area contributed by atoms with Crippen LogP contribution in [0.2, 0.25) is 0 Å². The zero-order valence-corrected chi connectivity index (χ0v) is 25.7. The summed E-state index contributed by atoms with van der Waals surface area (Å²) in [6, 6.07) is 59.7. The van der Waals surface area contributed by atoms with Gasteiger partial charge in [0.15, 0.2) is 0 Å². The molecule has 218 valence electrons. The summed E-state index contributed by atoms with van der Waals surface area (Å²) in [5.41, 5.74) is 20.1. The van der Waals surface area contributed by atoms with Crippen LogP contribution in [0.1, 0.15) is 0 Å². The summed E-state index contributed by atoms with van der Waals surface area (Å²) < 4.78 is 0. The molecule has 10 rings (SSSR count). The molecule has 0 unspecified atom stereocenters. The average molecular weight is 596 g/mol. The summed E-state index contributed by atoms with van der Waals surface area (Å²) in [4.78, 5) is 0. The lowest BCUT2D eigenvalue weighted by molar-refractivity contribution is 1.62. The predicted molar refractivity (Wildman–Crippen MR) is 202 cm³/mol. The lowest BCUT2D eigenvalue weighted by atomic mass is 9.82. The summed E-state index contributed by atoms with van der Waals surface area (Å²) in [6.45, 7) is 0. The van der Waals surface area contributed by atoms with Gasteiger partial charge in [0.05, 0.1) is 0 Å². The van der Waals surface area contributed by atoms with Crippen molar-refractivity contribution in [2.24, 2.45) is 0 Å². The Morgan fingerprint density at radius 1 is 0.298 bits per heavy atom. The molecule has 0 atom stereocenters. The van der Waals surface area contributed by atoms with Gasteiger partial charge in [-0.25, -0.2) is 0 Å². The van der Waals surface area contributed by atoms with Gasteiger partial charge in [-0.05, 0) is 105 Å². The third kappa shape index (κ3) is 3.72. The van der Waals surface area contributed by atoms with Gasteiger partial charge in [-0.1, -0.05) is 152 Å². The SMILES string of the molecule is Nc1cc2ccc(-c3ccc4c5c(cccc35)-c3c-4c(-c4ccccc4)c4ccccc4c3-c3ccccc3)cc2c2ccccc12. The van der Waals surface area contributed by atoms with Gasteiger partial charge >= 0.3 is 0 Å². The monoisotopic (exact) mass is 595 g/mol. The van der Waals surface area contributed by atoms with Gasteiger partial charge in [-0.15, -0.1) is 0 Å². The molecule has 2 N–H and O–H groups in total. The van der Waals surface area contributed by atoms with Crippen LogP contribution < -0.4 is 5.73 Å². The fourth-order valence-corrected chi connectivity index (χ4v) is 8.16. The fourth-order valence-electron chi connectivity index (χ4n) is 8.16. The van der Waals surface area contributed by atoms with Crippen LogP contribution in [0.4, 0.5) is 5.69 Å². The maximum Gasteiger partial charge on any atom is 0.0400 e. The Kier molecular flexibility index (Phi) is 5.50. The number of nitrogens with two attached hydrogens (primary N) is 1. The molecule has 9 aromatic carbocycles. The molecule has 0 saturated carbocycles. The van der Waals surface area contributed by atoms with Crippen molar-refractivity contribution >= 4 is 48.8 Å². The second-order valence-corrected chi connectivity index (χ2v) is 12.6. The Bertz CT molecular complexity index is 2630. The third-order valence-corrected chi connectivity index (χ3v) is 10.1. The van der Waals surface area contributed by atoms with Crippen molar-refractivity contribution < 1.29 is 0 Å². The van der Waals surface area contributed by atoms with Gasteiger partial charge in [0, 0.05) is 11.1 Å². The second kappa shape index (κ2) is 9.91. The molecule has 1 heteroatoms. The summed E-state index contributed by atoms with van der Waals surface area (Å²) in [5.74, 6) is 0. The normalized spacial score (nSPS) is 11.9. The molecule has 9 aromatic rings. The van der Waals surface area contributed by atoms with Crippen LogP contribution >= 0.6 is 0 Å². The van der Waals surface area contributed by atoms with Gasteiger partial charge < -0.3 is 5.73 Å². The highest BCUT2D eigenvalue weighted by Crippen LogP contribution is 2.58. The molecule has 1 nitrogen and oxygen atoms in total. The van der Waals surface area contributed by atoms with E-state index in [0.717, 1.165) is 16.5 Å². The van der Waals surface area contributed by atoms with E-state index in [9.17, 15) is 0 Å². The minimum atomic E-state index is 0.819. The Hall–Kier alpha value is -6.18. The first-order valence-electron chi connectivity index (χ1n) is 16.2. The van der Waals surface area contributed by atoms with Crippen LogP contribution in [-0.2, 0) is 0 Å². The van der Waals surface area contributed by atoms with E-state index in [4.69, 9.17) is 5.73 Å². The van der Waals surface area contributed by atoms with E-state index in [0.29, 0.717) is 0 Å². The van der Waals surface area contributed by atoms with E-state index in [-0.39, 0.29) is 0 Å². The molecule has 0 amide bonds. The van der Waals surface area contributed by atoms with Crippen LogP contribution in [0.5, 0.6) is 0 Å². The quantitative estimate of drug-likeness (QED) is 0.160. The number of rotatable bonds is 3. The van der Waals surface area contributed by atoms with Gasteiger partial charge in [-0.3, -0.25) is 0 Å². The van der Waals surface area contributed by atoms with Crippen molar-refractivity contribution in [3.63, 3.8) is 0 Å². The molecule has 0 aromatic heterocycles. The number of hydrogen-bond acceptors (Lipinski definition) is 1. The van der Waals surface area contributed by atoms with E-state index in [1.807, 2.05) is 0 Å². The first-order chi connectivity index (χ1) is 23.3. The largest absolute Gasteiger partial charge is 0.398 e. The van der Waals surface area contributed by atoms with Crippen LogP contribution in [0.25, 0.3) is 98.7 Å². The van der Waals surface area contributed by atoms with Crippen molar-refractivity contribution in [3.05, 3.63) is 164 Å². The Morgan fingerprint density at radius 3 is 1.49 bits per heavy atom. The highest BCUT2D eigenvalue weighted by atomic mass is 14.5. The van der Waals surface area contributed by atoms with Crippen LogP contribution in [0, 0.1) is 0 Å². The molecule has 0 spiro atoms. The van der Waals surface area contributed by atoms with Gasteiger partial charge in [0.2, 0.25) is 0 Å². The molecule has 0 aliphatic heterocycles. The minimum absolute atomic E-state index is 0.819. The van der Waals surface area contributed by atoms with Gasteiger partial charge in [0.25, 0.3) is 0 Å². The molecule has 0 fully saturated rings. The van der Waals surface area contributed by atoms with E-state index < -0.39 is 0 Å². The van der Waals surface area contributed by atoms with Crippen molar-refractivity contribution in [1.82, 2.24) is 0 Å². The summed E-state index contributed by atoms with van der Waals surface area (Å²) in [5, 5.41) is 9.84. The molecule has 0 saturated heterocycles. The number of hydrogen-bond donors (Lipinski definition) is 1. The number of benzene rings is 9. The Labute approximate surface area is 273 Å². The van der Waals surface area contributed by atoms with Crippen molar-refractivity contribution in [1.29, 1.82) is 0 Å².